The van der Waals surface area contributed by atoms with Crippen molar-refractivity contribution in [1.82, 2.24) is 19.9 Å². The molecule has 0 radical (unpaired) electrons. The van der Waals surface area contributed by atoms with Gasteiger partial charge >= 0.3 is 0 Å². The molecule has 1 unspecified atom stereocenters. The fourth-order valence-corrected chi connectivity index (χ4v) is 4.23. The molecule has 3 N–H and O–H groups in total. The molecular formula is C23H25N7O2. The Bertz CT molecular complexity index is 1140. The summed E-state index contributed by atoms with van der Waals surface area (Å²) in [6.07, 6.45) is 7.50. The maximum absolute atomic E-state index is 5.82. The zero-order chi connectivity index (χ0) is 21.3. The van der Waals surface area contributed by atoms with E-state index in [9.17, 15) is 0 Å². The minimum atomic E-state index is -0.198. The second-order valence-electron chi connectivity index (χ2n) is 7.95. The Kier molecular flexibility index (Phi) is 4.80. The summed E-state index contributed by atoms with van der Waals surface area (Å²) >= 11 is 0. The van der Waals surface area contributed by atoms with Gasteiger partial charge in [-0.25, -0.2) is 9.97 Å². The summed E-state index contributed by atoms with van der Waals surface area (Å²) in [5.41, 5.74) is 4.00. The van der Waals surface area contributed by atoms with E-state index in [1.165, 1.54) is 0 Å². The molecule has 0 spiro atoms. The summed E-state index contributed by atoms with van der Waals surface area (Å²) in [4.78, 5) is 11.4. The Labute approximate surface area is 186 Å². The summed E-state index contributed by atoms with van der Waals surface area (Å²) in [5.74, 6) is 2.74. The van der Waals surface area contributed by atoms with Crippen molar-refractivity contribution in [3.05, 3.63) is 60.3 Å². The van der Waals surface area contributed by atoms with Crippen LogP contribution in [0.25, 0.3) is 11.9 Å². The van der Waals surface area contributed by atoms with E-state index in [1.54, 1.807) is 0 Å². The zero-order valence-corrected chi connectivity index (χ0v) is 17.6. The average Bonchev–Trinajstić information content (AvgIpc) is 3.34. The number of pyridine rings is 1. The van der Waals surface area contributed by atoms with Crippen molar-refractivity contribution in [3.63, 3.8) is 0 Å². The van der Waals surface area contributed by atoms with Crippen LogP contribution in [0.5, 0.6) is 5.75 Å². The van der Waals surface area contributed by atoms with Gasteiger partial charge in [0.25, 0.3) is 0 Å². The highest BCUT2D eigenvalue weighted by Crippen LogP contribution is 2.33. The first-order chi connectivity index (χ1) is 15.8. The predicted molar refractivity (Wildman–Crippen MR) is 124 cm³/mol. The topological polar surface area (TPSA) is 88.5 Å². The Hall–Kier alpha value is -3.72. The van der Waals surface area contributed by atoms with Gasteiger partial charge in [0.05, 0.1) is 36.5 Å². The smallest absolute Gasteiger partial charge is 0.157 e. The maximum Gasteiger partial charge on any atom is 0.157 e. The molecule has 1 aromatic carbocycles. The van der Waals surface area contributed by atoms with Crippen LogP contribution in [0.1, 0.15) is 17.6 Å². The second-order valence-corrected chi connectivity index (χ2v) is 7.95. The normalized spacial score (nSPS) is 19.6. The summed E-state index contributed by atoms with van der Waals surface area (Å²) in [5, 5.41) is 10.5. The number of rotatable bonds is 4. The van der Waals surface area contributed by atoms with Gasteiger partial charge in [-0.1, -0.05) is 6.07 Å². The zero-order valence-electron chi connectivity index (χ0n) is 17.6. The minimum Gasteiger partial charge on any atom is -0.490 e. The van der Waals surface area contributed by atoms with Crippen molar-refractivity contribution >= 4 is 29.1 Å². The Morgan fingerprint density at radius 2 is 2.00 bits per heavy atom. The van der Waals surface area contributed by atoms with Gasteiger partial charge in [-0.05, 0) is 24.3 Å². The second kappa shape index (κ2) is 8.08. The van der Waals surface area contributed by atoms with Crippen molar-refractivity contribution in [2.75, 3.05) is 55.0 Å². The number of morpholine rings is 1. The molecule has 3 aliphatic rings. The molecule has 3 aromatic rings. The first kappa shape index (κ1) is 19.0. The van der Waals surface area contributed by atoms with Gasteiger partial charge < -0.3 is 34.9 Å². The van der Waals surface area contributed by atoms with Crippen molar-refractivity contribution in [1.29, 1.82) is 0 Å². The van der Waals surface area contributed by atoms with E-state index >= 15 is 0 Å². The summed E-state index contributed by atoms with van der Waals surface area (Å²) in [6.45, 7) is 4.73. The lowest BCUT2D eigenvalue weighted by Crippen LogP contribution is -2.36. The lowest BCUT2D eigenvalue weighted by Gasteiger charge is -2.29. The molecule has 9 nitrogen and oxygen atoms in total. The van der Waals surface area contributed by atoms with E-state index < -0.39 is 0 Å². The molecule has 32 heavy (non-hydrogen) atoms. The van der Waals surface area contributed by atoms with Crippen LogP contribution in [0, 0.1) is 0 Å². The fourth-order valence-electron chi connectivity index (χ4n) is 4.23. The number of ether oxygens (including phenoxy) is 2. The maximum atomic E-state index is 5.82. The average molecular weight is 432 g/mol. The van der Waals surface area contributed by atoms with E-state index in [0.717, 1.165) is 72.9 Å². The molecule has 2 aromatic heterocycles. The predicted octanol–water partition coefficient (Wildman–Crippen LogP) is 2.59. The summed E-state index contributed by atoms with van der Waals surface area (Å²) < 4.78 is 13.3. The van der Waals surface area contributed by atoms with Gasteiger partial charge in [-0.2, -0.15) is 0 Å². The number of anilines is 3. The van der Waals surface area contributed by atoms with E-state index in [1.807, 2.05) is 29.2 Å². The largest absolute Gasteiger partial charge is 0.490 e. The molecule has 0 aliphatic carbocycles. The molecule has 5 heterocycles. The van der Waals surface area contributed by atoms with Crippen LogP contribution in [0.2, 0.25) is 0 Å². The highest BCUT2D eigenvalue weighted by molar-refractivity contribution is 5.78. The van der Waals surface area contributed by atoms with Gasteiger partial charge in [0.2, 0.25) is 0 Å². The fraction of sp³-hybridized carbons (Fsp3) is 0.304. The van der Waals surface area contributed by atoms with Gasteiger partial charge in [-0.3, -0.25) is 0 Å². The number of nitrogens with zero attached hydrogens (tertiary/aromatic N) is 4. The van der Waals surface area contributed by atoms with E-state index in [4.69, 9.17) is 9.47 Å². The highest BCUT2D eigenvalue weighted by Gasteiger charge is 2.24. The van der Waals surface area contributed by atoms with Crippen LogP contribution in [0.15, 0.2) is 48.9 Å². The van der Waals surface area contributed by atoms with Gasteiger partial charge in [0.15, 0.2) is 12.0 Å². The first-order valence-electron chi connectivity index (χ1n) is 10.9. The van der Waals surface area contributed by atoms with Crippen LogP contribution in [0.4, 0.5) is 17.2 Å². The molecule has 1 fully saturated rings. The van der Waals surface area contributed by atoms with Crippen LogP contribution >= 0.6 is 0 Å². The third kappa shape index (κ3) is 3.60. The molecule has 0 amide bonds. The number of hydrogen-bond acceptors (Lipinski definition) is 8. The molecule has 9 heteroatoms. The molecule has 6 rings (SSSR count). The Morgan fingerprint density at radius 1 is 1.06 bits per heavy atom. The first-order valence-corrected chi connectivity index (χ1v) is 10.9. The Balaban J connectivity index is 1.23. The minimum absolute atomic E-state index is 0.198. The monoisotopic (exact) mass is 431 g/mol. The molecule has 1 saturated heterocycles. The lowest BCUT2D eigenvalue weighted by atomic mass is 10.1. The molecule has 0 bridgehead atoms. The number of hydrogen-bond donors (Lipinski definition) is 3. The van der Waals surface area contributed by atoms with Crippen molar-refractivity contribution < 1.29 is 9.47 Å². The third-order valence-corrected chi connectivity index (χ3v) is 5.89. The number of nitrogens with one attached hydrogen (secondary N) is 3. The van der Waals surface area contributed by atoms with Gasteiger partial charge in [0, 0.05) is 43.8 Å². The van der Waals surface area contributed by atoms with Crippen LogP contribution in [0.3, 0.4) is 0 Å². The number of imidazole rings is 1. The third-order valence-electron chi connectivity index (χ3n) is 5.89. The van der Waals surface area contributed by atoms with Crippen LogP contribution in [-0.4, -0.2) is 54.0 Å². The number of aromatic nitrogens is 3. The van der Waals surface area contributed by atoms with Crippen molar-refractivity contribution in [2.24, 2.45) is 0 Å². The van der Waals surface area contributed by atoms with E-state index in [0.29, 0.717) is 6.61 Å². The van der Waals surface area contributed by atoms with Gasteiger partial charge in [-0.15, -0.1) is 0 Å². The van der Waals surface area contributed by atoms with E-state index in [-0.39, 0.29) is 6.17 Å². The molecular weight excluding hydrogens is 406 g/mol. The molecule has 0 saturated carbocycles. The summed E-state index contributed by atoms with van der Waals surface area (Å²) in [6, 6.07) is 10.3. The summed E-state index contributed by atoms with van der Waals surface area (Å²) in [7, 11) is 0. The van der Waals surface area contributed by atoms with Crippen LogP contribution in [-0.2, 0) is 4.74 Å². The molecule has 3 aliphatic heterocycles. The van der Waals surface area contributed by atoms with Crippen LogP contribution < -0.4 is 25.6 Å². The van der Waals surface area contributed by atoms with Gasteiger partial charge in [0.1, 0.15) is 18.2 Å². The Morgan fingerprint density at radius 3 is 2.88 bits per heavy atom. The highest BCUT2D eigenvalue weighted by atomic mass is 16.5. The number of benzene rings is 1. The molecule has 1 atom stereocenters. The van der Waals surface area contributed by atoms with E-state index in [2.05, 4.69) is 61.3 Å². The quantitative estimate of drug-likeness (QED) is 0.581. The number of fused-ring (bicyclic) bond motifs is 2. The van der Waals surface area contributed by atoms with Crippen molar-refractivity contribution in [3.8, 4) is 5.75 Å². The SMILES string of the molecule is C1=C(c2ccc3c(c2)OCCN3)NC(Nc2ccc(N3CCOCC3)nc2)c2nccn21. The lowest BCUT2D eigenvalue weighted by molar-refractivity contribution is 0.122. The van der Waals surface area contributed by atoms with Crippen molar-refractivity contribution in [2.45, 2.75) is 6.17 Å². The standard InChI is InChI=1S/C23H25N7O2/c1-3-18-20(32-10-6-24-18)13-16(1)19-15-30-7-5-25-23(30)22(28-19)27-17-2-4-21(26-14-17)29-8-11-31-12-9-29/h1-5,7,13-15,22,24,27-28H,6,8-12H2. The molecule has 164 valence electrons.